The first kappa shape index (κ1) is 19.9. The van der Waals surface area contributed by atoms with Gasteiger partial charge in [-0.05, 0) is 54.0 Å². The lowest BCUT2D eigenvalue weighted by atomic mass is 10.1. The molecule has 7 heteroatoms. The molecule has 136 valence electrons. The van der Waals surface area contributed by atoms with E-state index in [2.05, 4.69) is 16.0 Å². The van der Waals surface area contributed by atoms with Crippen molar-refractivity contribution >= 4 is 46.4 Å². The summed E-state index contributed by atoms with van der Waals surface area (Å²) in [5.41, 5.74) is 2.68. The molecular weight excluding hydrogens is 370 g/mol. The second kappa shape index (κ2) is 9.89. The van der Waals surface area contributed by atoms with Gasteiger partial charge in [0.15, 0.2) is 5.11 Å². The average molecular weight is 390 g/mol. The Balaban J connectivity index is 1.80. The number of aryl methyl sites for hydroxylation is 1. The van der Waals surface area contributed by atoms with Gasteiger partial charge in [-0.15, -0.1) is 0 Å². The second-order valence-corrected chi connectivity index (χ2v) is 6.52. The number of anilines is 1. The Morgan fingerprint density at radius 2 is 1.58 bits per heavy atom. The zero-order valence-corrected chi connectivity index (χ0v) is 15.9. The summed E-state index contributed by atoms with van der Waals surface area (Å²) >= 11 is 11.0. The molecule has 0 bridgehead atoms. The number of hydrogen-bond donors (Lipinski definition) is 3. The Kier molecular flexibility index (Phi) is 7.56. The van der Waals surface area contributed by atoms with E-state index in [1.807, 2.05) is 24.3 Å². The van der Waals surface area contributed by atoms with E-state index < -0.39 is 0 Å². The molecule has 0 atom stereocenters. The normalized spacial score (nSPS) is 10.1. The summed E-state index contributed by atoms with van der Waals surface area (Å²) < 4.78 is 0. The quantitative estimate of drug-likeness (QED) is 0.664. The van der Waals surface area contributed by atoms with Gasteiger partial charge in [0, 0.05) is 24.2 Å². The molecule has 0 unspecified atom stereocenters. The van der Waals surface area contributed by atoms with E-state index in [-0.39, 0.29) is 23.3 Å². The number of thiocarbonyl (C=S) groups is 1. The second-order valence-electron chi connectivity index (χ2n) is 5.68. The summed E-state index contributed by atoms with van der Waals surface area (Å²) in [5.74, 6) is -0.191. The highest BCUT2D eigenvalue weighted by Gasteiger charge is 2.07. The summed E-state index contributed by atoms with van der Waals surface area (Å²) in [7, 11) is 1.62. The standard InChI is InChI=1S/C19H20ClN3O2S/c1-21-17(24)11-6-13-4-9-16(10-5-13)22-19(26)23-18(25)12-14-2-7-15(20)8-3-14/h2-5,7-10H,6,11-12H2,1H3,(H,21,24)(H2,22,23,25,26). The molecular formula is C19H20ClN3O2S. The van der Waals surface area contributed by atoms with E-state index in [0.717, 1.165) is 16.8 Å². The fourth-order valence-electron chi connectivity index (χ4n) is 2.26. The van der Waals surface area contributed by atoms with Crippen molar-refractivity contribution in [2.24, 2.45) is 0 Å². The van der Waals surface area contributed by atoms with Crippen LogP contribution in [0.4, 0.5) is 5.69 Å². The van der Waals surface area contributed by atoms with Crippen LogP contribution >= 0.6 is 23.8 Å². The van der Waals surface area contributed by atoms with Gasteiger partial charge in [0.2, 0.25) is 11.8 Å². The van der Waals surface area contributed by atoms with Crippen LogP contribution < -0.4 is 16.0 Å². The first-order valence-electron chi connectivity index (χ1n) is 8.11. The summed E-state index contributed by atoms with van der Waals surface area (Å²) in [6.07, 6.45) is 1.34. The SMILES string of the molecule is CNC(=O)CCc1ccc(NC(=S)NC(=O)Cc2ccc(Cl)cc2)cc1. The van der Waals surface area contributed by atoms with Crippen LogP contribution in [0.2, 0.25) is 5.02 Å². The molecule has 0 radical (unpaired) electrons. The Labute approximate surface area is 163 Å². The highest BCUT2D eigenvalue weighted by atomic mass is 35.5. The highest BCUT2D eigenvalue weighted by Crippen LogP contribution is 2.12. The van der Waals surface area contributed by atoms with Gasteiger partial charge in [0.25, 0.3) is 0 Å². The lowest BCUT2D eigenvalue weighted by Gasteiger charge is -2.10. The van der Waals surface area contributed by atoms with Crippen molar-refractivity contribution in [2.45, 2.75) is 19.3 Å². The van der Waals surface area contributed by atoms with Crippen molar-refractivity contribution in [1.29, 1.82) is 0 Å². The van der Waals surface area contributed by atoms with Crippen molar-refractivity contribution in [1.82, 2.24) is 10.6 Å². The van der Waals surface area contributed by atoms with Crippen molar-refractivity contribution in [3.05, 3.63) is 64.7 Å². The van der Waals surface area contributed by atoms with Gasteiger partial charge in [-0.25, -0.2) is 0 Å². The van der Waals surface area contributed by atoms with E-state index in [0.29, 0.717) is 17.9 Å². The van der Waals surface area contributed by atoms with Crippen LogP contribution in [-0.4, -0.2) is 24.0 Å². The van der Waals surface area contributed by atoms with Crippen molar-refractivity contribution in [3.63, 3.8) is 0 Å². The summed E-state index contributed by atoms with van der Waals surface area (Å²) in [6, 6.07) is 14.6. The molecule has 0 fully saturated rings. The van der Waals surface area contributed by atoms with Gasteiger partial charge in [-0.1, -0.05) is 35.9 Å². The van der Waals surface area contributed by atoms with E-state index >= 15 is 0 Å². The molecule has 2 aromatic rings. The van der Waals surface area contributed by atoms with Crippen LogP contribution in [0.3, 0.4) is 0 Å². The largest absolute Gasteiger partial charge is 0.359 e. The molecule has 0 saturated heterocycles. The third-order valence-corrected chi connectivity index (χ3v) is 4.12. The molecule has 26 heavy (non-hydrogen) atoms. The molecule has 0 aliphatic rings. The van der Waals surface area contributed by atoms with Crippen molar-refractivity contribution < 1.29 is 9.59 Å². The van der Waals surface area contributed by atoms with E-state index in [1.165, 1.54) is 0 Å². The molecule has 0 aliphatic carbocycles. The third-order valence-electron chi connectivity index (χ3n) is 3.66. The number of benzene rings is 2. The molecule has 0 saturated carbocycles. The van der Waals surface area contributed by atoms with E-state index in [4.69, 9.17) is 23.8 Å². The molecule has 0 heterocycles. The van der Waals surface area contributed by atoms with Crippen molar-refractivity contribution in [3.8, 4) is 0 Å². The zero-order chi connectivity index (χ0) is 18.9. The monoisotopic (exact) mass is 389 g/mol. The minimum Gasteiger partial charge on any atom is -0.359 e. The number of carbonyl (C=O) groups excluding carboxylic acids is 2. The van der Waals surface area contributed by atoms with Crippen LogP contribution in [0, 0.1) is 0 Å². The molecule has 2 rings (SSSR count). The van der Waals surface area contributed by atoms with E-state index in [9.17, 15) is 9.59 Å². The molecule has 0 spiro atoms. The Morgan fingerprint density at radius 3 is 2.19 bits per heavy atom. The molecule has 0 aromatic heterocycles. The number of nitrogens with one attached hydrogen (secondary N) is 3. The summed E-state index contributed by atoms with van der Waals surface area (Å²) in [5, 5.41) is 9.08. The van der Waals surface area contributed by atoms with Crippen LogP contribution in [0.1, 0.15) is 17.5 Å². The fourth-order valence-corrected chi connectivity index (χ4v) is 2.62. The number of rotatable bonds is 6. The first-order valence-corrected chi connectivity index (χ1v) is 8.89. The maximum absolute atomic E-state index is 12.0. The molecule has 5 nitrogen and oxygen atoms in total. The number of carbonyl (C=O) groups is 2. The lowest BCUT2D eigenvalue weighted by Crippen LogP contribution is -2.35. The maximum Gasteiger partial charge on any atom is 0.230 e. The van der Waals surface area contributed by atoms with Gasteiger partial charge in [-0.3, -0.25) is 9.59 Å². The first-order chi connectivity index (χ1) is 12.5. The van der Waals surface area contributed by atoms with Crippen LogP contribution in [0.5, 0.6) is 0 Å². The van der Waals surface area contributed by atoms with Gasteiger partial charge in [0.1, 0.15) is 0 Å². The van der Waals surface area contributed by atoms with Crippen LogP contribution in [0.25, 0.3) is 0 Å². The van der Waals surface area contributed by atoms with Gasteiger partial charge < -0.3 is 16.0 Å². The van der Waals surface area contributed by atoms with E-state index in [1.54, 1.807) is 31.3 Å². The fraction of sp³-hybridized carbons (Fsp3) is 0.211. The van der Waals surface area contributed by atoms with Crippen molar-refractivity contribution in [2.75, 3.05) is 12.4 Å². The molecule has 2 amide bonds. The topological polar surface area (TPSA) is 70.2 Å². The predicted octanol–water partition coefficient (Wildman–Crippen LogP) is 3.07. The predicted molar refractivity (Wildman–Crippen MR) is 108 cm³/mol. The molecule has 3 N–H and O–H groups in total. The smallest absolute Gasteiger partial charge is 0.230 e. The number of hydrogen-bond acceptors (Lipinski definition) is 3. The lowest BCUT2D eigenvalue weighted by molar-refractivity contribution is -0.120. The minimum absolute atomic E-state index is 0.0109. The van der Waals surface area contributed by atoms with Crippen LogP contribution in [-0.2, 0) is 22.4 Å². The van der Waals surface area contributed by atoms with Crippen LogP contribution in [0.15, 0.2) is 48.5 Å². The zero-order valence-electron chi connectivity index (χ0n) is 14.3. The number of halogens is 1. The Hall–Kier alpha value is -2.44. The molecule has 2 aromatic carbocycles. The summed E-state index contributed by atoms with van der Waals surface area (Å²) in [6.45, 7) is 0. The Morgan fingerprint density at radius 1 is 0.962 bits per heavy atom. The highest BCUT2D eigenvalue weighted by molar-refractivity contribution is 7.80. The molecule has 0 aliphatic heterocycles. The Bertz CT molecular complexity index is 776. The maximum atomic E-state index is 12.0. The third kappa shape index (κ3) is 6.82. The minimum atomic E-state index is -0.202. The van der Waals surface area contributed by atoms with Gasteiger partial charge in [-0.2, -0.15) is 0 Å². The number of amides is 2. The van der Waals surface area contributed by atoms with Gasteiger partial charge >= 0.3 is 0 Å². The summed E-state index contributed by atoms with van der Waals surface area (Å²) in [4.78, 5) is 23.3. The average Bonchev–Trinajstić information content (AvgIpc) is 2.62. The van der Waals surface area contributed by atoms with Gasteiger partial charge in [0.05, 0.1) is 6.42 Å².